The number of hydrogen-bond donors (Lipinski definition) is 2. The van der Waals surface area contributed by atoms with Crippen molar-refractivity contribution in [3.05, 3.63) is 28.8 Å². The third-order valence-electron chi connectivity index (χ3n) is 1.92. The van der Waals surface area contributed by atoms with Crippen LogP contribution in [0.1, 0.15) is 17.3 Å². The molecule has 88 valence electrons. The fourth-order valence-electron chi connectivity index (χ4n) is 1.23. The molecular formula is C11H15ClN2O2. The van der Waals surface area contributed by atoms with Crippen LogP contribution in [-0.4, -0.2) is 25.7 Å². The molecule has 3 N–H and O–H groups in total. The lowest BCUT2D eigenvalue weighted by Gasteiger charge is -2.06. The molecule has 0 saturated carbocycles. The quantitative estimate of drug-likeness (QED) is 0.610. The first-order valence-electron chi connectivity index (χ1n) is 5.05. The largest absolute Gasteiger partial charge is 0.399 e. The van der Waals surface area contributed by atoms with Crippen LogP contribution < -0.4 is 11.1 Å². The number of benzene rings is 1. The molecule has 0 aliphatic rings. The maximum Gasteiger partial charge on any atom is 0.251 e. The van der Waals surface area contributed by atoms with Crippen molar-refractivity contribution in [1.82, 2.24) is 5.32 Å². The van der Waals surface area contributed by atoms with Crippen LogP contribution >= 0.6 is 11.6 Å². The Morgan fingerprint density at radius 2 is 2.25 bits per heavy atom. The van der Waals surface area contributed by atoms with E-state index in [-0.39, 0.29) is 5.91 Å². The number of carbonyl (C=O) groups excluding carboxylic acids is 1. The van der Waals surface area contributed by atoms with Gasteiger partial charge in [-0.15, -0.1) is 0 Å². The number of anilines is 1. The topological polar surface area (TPSA) is 64.3 Å². The fourth-order valence-corrected chi connectivity index (χ4v) is 1.47. The summed E-state index contributed by atoms with van der Waals surface area (Å²) in [6.07, 6.45) is 0. The molecule has 1 rings (SSSR count). The van der Waals surface area contributed by atoms with Crippen LogP contribution in [0, 0.1) is 0 Å². The summed E-state index contributed by atoms with van der Waals surface area (Å²) in [7, 11) is 0. The van der Waals surface area contributed by atoms with Crippen molar-refractivity contribution < 1.29 is 9.53 Å². The van der Waals surface area contributed by atoms with Crippen molar-refractivity contribution in [2.45, 2.75) is 6.92 Å². The van der Waals surface area contributed by atoms with Crippen LogP contribution in [0.15, 0.2) is 18.2 Å². The fraction of sp³-hybridized carbons (Fsp3) is 0.364. The van der Waals surface area contributed by atoms with Gasteiger partial charge in [0.15, 0.2) is 0 Å². The second-order valence-electron chi connectivity index (χ2n) is 3.23. The Morgan fingerprint density at radius 3 is 2.88 bits per heavy atom. The molecule has 0 bridgehead atoms. The molecule has 0 unspecified atom stereocenters. The average Bonchev–Trinajstić information content (AvgIpc) is 2.22. The highest BCUT2D eigenvalue weighted by molar-refractivity contribution is 6.31. The highest BCUT2D eigenvalue weighted by Gasteiger charge is 2.06. The summed E-state index contributed by atoms with van der Waals surface area (Å²) in [5.41, 5.74) is 6.52. The van der Waals surface area contributed by atoms with Gasteiger partial charge in [0.1, 0.15) is 0 Å². The minimum absolute atomic E-state index is 0.200. The molecule has 0 heterocycles. The van der Waals surface area contributed by atoms with Gasteiger partial charge in [-0.05, 0) is 25.1 Å². The van der Waals surface area contributed by atoms with Crippen molar-refractivity contribution in [2.75, 3.05) is 25.5 Å². The van der Waals surface area contributed by atoms with Gasteiger partial charge in [-0.1, -0.05) is 11.6 Å². The Bertz CT molecular complexity index is 349. The number of amides is 1. The first kappa shape index (κ1) is 12.8. The summed E-state index contributed by atoms with van der Waals surface area (Å²) in [6, 6.07) is 4.76. The molecule has 0 atom stereocenters. The molecule has 0 radical (unpaired) electrons. The maximum atomic E-state index is 11.6. The highest BCUT2D eigenvalue weighted by atomic mass is 35.5. The van der Waals surface area contributed by atoms with E-state index in [9.17, 15) is 4.79 Å². The number of nitrogens with one attached hydrogen (secondary N) is 1. The minimum atomic E-state index is -0.200. The van der Waals surface area contributed by atoms with Gasteiger partial charge >= 0.3 is 0 Å². The van der Waals surface area contributed by atoms with Crippen molar-refractivity contribution in [3.63, 3.8) is 0 Å². The van der Waals surface area contributed by atoms with Crippen LogP contribution in [0.5, 0.6) is 0 Å². The molecule has 5 heteroatoms. The standard InChI is InChI=1S/C11H15ClN2O2/c1-2-16-4-3-14-11(15)8-5-9(12)7-10(13)6-8/h5-7H,2-4,13H2,1H3,(H,14,15). The summed E-state index contributed by atoms with van der Waals surface area (Å²) in [5.74, 6) is -0.200. The Morgan fingerprint density at radius 1 is 1.50 bits per heavy atom. The SMILES string of the molecule is CCOCCNC(=O)c1cc(N)cc(Cl)c1. The molecule has 1 aromatic rings. The van der Waals surface area contributed by atoms with Crippen molar-refractivity contribution in [2.24, 2.45) is 0 Å². The average molecular weight is 243 g/mol. The van der Waals surface area contributed by atoms with E-state index in [0.717, 1.165) is 0 Å². The van der Waals surface area contributed by atoms with E-state index in [4.69, 9.17) is 22.1 Å². The van der Waals surface area contributed by atoms with Crippen LogP contribution in [0.25, 0.3) is 0 Å². The zero-order chi connectivity index (χ0) is 12.0. The zero-order valence-electron chi connectivity index (χ0n) is 9.13. The molecule has 0 spiro atoms. The summed E-state index contributed by atoms with van der Waals surface area (Å²) >= 11 is 5.79. The number of nitrogens with two attached hydrogens (primary N) is 1. The smallest absolute Gasteiger partial charge is 0.251 e. The Kier molecular flexibility index (Phi) is 5.08. The lowest BCUT2D eigenvalue weighted by atomic mass is 10.2. The van der Waals surface area contributed by atoms with Crippen LogP contribution in [0.2, 0.25) is 5.02 Å². The lowest BCUT2D eigenvalue weighted by molar-refractivity contribution is 0.0922. The summed E-state index contributed by atoms with van der Waals surface area (Å²) in [6.45, 7) is 3.51. The van der Waals surface area contributed by atoms with Crippen molar-refractivity contribution >= 4 is 23.2 Å². The normalized spacial score (nSPS) is 10.1. The third kappa shape index (κ3) is 4.08. The van der Waals surface area contributed by atoms with E-state index in [1.165, 1.54) is 0 Å². The number of halogens is 1. The summed E-state index contributed by atoms with van der Waals surface area (Å²) in [5, 5.41) is 3.16. The van der Waals surface area contributed by atoms with E-state index < -0.39 is 0 Å². The third-order valence-corrected chi connectivity index (χ3v) is 2.14. The van der Waals surface area contributed by atoms with Crippen LogP contribution in [0.3, 0.4) is 0 Å². The van der Waals surface area contributed by atoms with E-state index in [1.54, 1.807) is 18.2 Å². The first-order chi connectivity index (χ1) is 7.63. The molecule has 4 nitrogen and oxygen atoms in total. The van der Waals surface area contributed by atoms with Gasteiger partial charge in [0, 0.05) is 29.4 Å². The molecular weight excluding hydrogens is 228 g/mol. The molecule has 1 amide bonds. The molecule has 0 aliphatic carbocycles. The van der Waals surface area contributed by atoms with Crippen molar-refractivity contribution in [3.8, 4) is 0 Å². The monoisotopic (exact) mass is 242 g/mol. The maximum absolute atomic E-state index is 11.6. The zero-order valence-corrected chi connectivity index (χ0v) is 9.88. The van der Waals surface area contributed by atoms with Gasteiger partial charge in [0.25, 0.3) is 5.91 Å². The number of carbonyl (C=O) groups is 1. The van der Waals surface area contributed by atoms with Gasteiger partial charge in [-0.25, -0.2) is 0 Å². The Hall–Kier alpha value is -1.26. The number of hydrogen-bond acceptors (Lipinski definition) is 3. The van der Waals surface area contributed by atoms with Gasteiger partial charge in [0.05, 0.1) is 6.61 Å². The molecule has 0 saturated heterocycles. The predicted molar refractivity (Wildman–Crippen MR) is 64.7 cm³/mol. The van der Waals surface area contributed by atoms with E-state index in [1.807, 2.05) is 6.92 Å². The molecule has 1 aromatic carbocycles. The lowest BCUT2D eigenvalue weighted by Crippen LogP contribution is -2.27. The second-order valence-corrected chi connectivity index (χ2v) is 3.66. The van der Waals surface area contributed by atoms with E-state index >= 15 is 0 Å². The summed E-state index contributed by atoms with van der Waals surface area (Å²) < 4.78 is 5.10. The Labute approximate surface area is 99.7 Å². The van der Waals surface area contributed by atoms with Gasteiger partial charge in [-0.3, -0.25) is 4.79 Å². The molecule has 0 aromatic heterocycles. The van der Waals surface area contributed by atoms with E-state index in [2.05, 4.69) is 5.32 Å². The minimum Gasteiger partial charge on any atom is -0.399 e. The number of rotatable bonds is 5. The number of nitrogen functional groups attached to an aromatic ring is 1. The summed E-state index contributed by atoms with van der Waals surface area (Å²) in [4.78, 5) is 11.6. The predicted octanol–water partition coefficient (Wildman–Crippen LogP) is 1.69. The Balaban J connectivity index is 2.52. The highest BCUT2D eigenvalue weighted by Crippen LogP contribution is 2.16. The first-order valence-corrected chi connectivity index (χ1v) is 5.43. The van der Waals surface area contributed by atoms with Gasteiger partial charge in [0.2, 0.25) is 0 Å². The number of ether oxygens (including phenoxy) is 1. The second kappa shape index (κ2) is 6.35. The molecule has 0 fully saturated rings. The van der Waals surface area contributed by atoms with Crippen LogP contribution in [0.4, 0.5) is 5.69 Å². The van der Waals surface area contributed by atoms with Crippen LogP contribution in [-0.2, 0) is 4.74 Å². The van der Waals surface area contributed by atoms with Gasteiger partial charge in [-0.2, -0.15) is 0 Å². The molecule has 0 aliphatic heterocycles. The van der Waals surface area contributed by atoms with Gasteiger partial charge < -0.3 is 15.8 Å². The van der Waals surface area contributed by atoms with Crippen molar-refractivity contribution in [1.29, 1.82) is 0 Å². The van der Waals surface area contributed by atoms with E-state index in [0.29, 0.717) is 36.0 Å². The molecule has 16 heavy (non-hydrogen) atoms.